The molecule has 0 radical (unpaired) electrons. The first-order valence-electron chi connectivity index (χ1n) is 7.62. The fourth-order valence-corrected chi connectivity index (χ4v) is 3.16. The summed E-state index contributed by atoms with van der Waals surface area (Å²) in [6.45, 7) is 3.32. The maximum Gasteiger partial charge on any atom is 0.401 e. The highest BCUT2D eigenvalue weighted by Crippen LogP contribution is 2.38. The van der Waals surface area contributed by atoms with Crippen molar-refractivity contribution in [2.45, 2.75) is 19.0 Å². The van der Waals surface area contributed by atoms with E-state index in [4.69, 9.17) is 4.74 Å². The largest absolute Gasteiger partial charge is 0.401 e. The number of alkyl halides is 3. The topological polar surface area (TPSA) is 40.1 Å². The molecule has 0 aromatic carbocycles. The molecule has 0 saturated carbocycles. The molecule has 2 saturated heterocycles. The SMILES string of the molecule is CN=C(NCCN(C)CC(F)(F)F)N1CCC2(CCOC2)C1.I. The summed E-state index contributed by atoms with van der Waals surface area (Å²) < 4.78 is 42.3. The van der Waals surface area contributed by atoms with Gasteiger partial charge in [-0.25, -0.2) is 0 Å². The van der Waals surface area contributed by atoms with Crippen molar-refractivity contribution < 1.29 is 17.9 Å². The Balaban J connectivity index is 0.00000264. The van der Waals surface area contributed by atoms with Gasteiger partial charge in [-0.05, 0) is 19.9 Å². The molecule has 2 aliphatic rings. The quantitative estimate of drug-likeness (QED) is 0.403. The van der Waals surface area contributed by atoms with Gasteiger partial charge in [-0.3, -0.25) is 9.89 Å². The molecule has 1 N–H and O–H groups in total. The Bertz CT molecular complexity index is 400. The van der Waals surface area contributed by atoms with E-state index in [-0.39, 0.29) is 29.4 Å². The van der Waals surface area contributed by atoms with Crippen molar-refractivity contribution in [3.05, 3.63) is 0 Å². The fraction of sp³-hybridized carbons (Fsp3) is 0.929. The minimum absolute atomic E-state index is 0. The fourth-order valence-electron chi connectivity index (χ4n) is 3.16. The van der Waals surface area contributed by atoms with Gasteiger partial charge in [0.1, 0.15) is 0 Å². The molecule has 0 amide bonds. The van der Waals surface area contributed by atoms with E-state index >= 15 is 0 Å². The Hall–Kier alpha value is -0.290. The van der Waals surface area contributed by atoms with Crippen molar-refractivity contribution in [2.75, 3.05) is 60.0 Å². The van der Waals surface area contributed by atoms with Crippen molar-refractivity contribution >= 4 is 29.9 Å². The van der Waals surface area contributed by atoms with Crippen LogP contribution in [0.2, 0.25) is 0 Å². The normalized spacial score (nSPS) is 25.3. The lowest BCUT2D eigenvalue weighted by molar-refractivity contribution is -0.142. The van der Waals surface area contributed by atoms with Crippen LogP contribution in [-0.4, -0.2) is 82.0 Å². The van der Waals surface area contributed by atoms with Gasteiger partial charge in [-0.15, -0.1) is 24.0 Å². The van der Waals surface area contributed by atoms with Crippen molar-refractivity contribution in [1.82, 2.24) is 15.1 Å². The van der Waals surface area contributed by atoms with Gasteiger partial charge in [0.15, 0.2) is 5.96 Å². The molecular formula is C14H26F3IN4O. The summed E-state index contributed by atoms with van der Waals surface area (Å²) in [5, 5.41) is 3.16. The van der Waals surface area contributed by atoms with Crippen LogP contribution in [0.1, 0.15) is 12.8 Å². The number of hydrogen-bond acceptors (Lipinski definition) is 3. The van der Waals surface area contributed by atoms with Gasteiger partial charge in [0.25, 0.3) is 0 Å². The molecule has 0 bridgehead atoms. The van der Waals surface area contributed by atoms with E-state index in [1.807, 2.05) is 0 Å². The third-order valence-electron chi connectivity index (χ3n) is 4.36. The van der Waals surface area contributed by atoms with E-state index in [1.54, 1.807) is 7.05 Å². The average Bonchev–Trinajstić information content (AvgIpc) is 3.04. The van der Waals surface area contributed by atoms with E-state index < -0.39 is 12.7 Å². The highest BCUT2D eigenvalue weighted by molar-refractivity contribution is 14.0. The minimum Gasteiger partial charge on any atom is -0.381 e. The highest BCUT2D eigenvalue weighted by Gasteiger charge is 2.42. The average molecular weight is 450 g/mol. The number of likely N-dealkylation sites (tertiary alicyclic amines) is 1. The molecule has 2 heterocycles. The second kappa shape index (κ2) is 8.70. The smallest absolute Gasteiger partial charge is 0.381 e. The van der Waals surface area contributed by atoms with Crippen molar-refractivity contribution in [2.24, 2.45) is 10.4 Å². The van der Waals surface area contributed by atoms with Gasteiger partial charge in [0.2, 0.25) is 0 Å². The summed E-state index contributed by atoms with van der Waals surface area (Å²) in [6, 6.07) is 0. The molecule has 5 nitrogen and oxygen atoms in total. The predicted octanol–water partition coefficient (Wildman–Crippen LogP) is 1.79. The summed E-state index contributed by atoms with van der Waals surface area (Å²) in [6.07, 6.45) is -1.99. The number of nitrogens with zero attached hydrogens (tertiary/aromatic N) is 3. The van der Waals surface area contributed by atoms with Gasteiger partial charge < -0.3 is 15.0 Å². The predicted molar refractivity (Wildman–Crippen MR) is 94.4 cm³/mol. The molecule has 0 aromatic rings. The zero-order valence-electron chi connectivity index (χ0n) is 13.7. The van der Waals surface area contributed by atoms with Crippen molar-refractivity contribution in [3.63, 3.8) is 0 Å². The van der Waals surface area contributed by atoms with Crippen LogP contribution in [0.3, 0.4) is 0 Å². The van der Waals surface area contributed by atoms with Crippen LogP contribution < -0.4 is 5.32 Å². The maximum absolute atomic E-state index is 12.3. The first-order chi connectivity index (χ1) is 10.3. The van der Waals surface area contributed by atoms with Gasteiger partial charge >= 0.3 is 6.18 Å². The second-order valence-corrected chi connectivity index (χ2v) is 6.30. The minimum atomic E-state index is -4.15. The van der Waals surface area contributed by atoms with Gasteiger partial charge in [0.05, 0.1) is 13.2 Å². The van der Waals surface area contributed by atoms with Crippen LogP contribution in [0.15, 0.2) is 4.99 Å². The van der Waals surface area contributed by atoms with E-state index in [2.05, 4.69) is 15.2 Å². The number of ether oxygens (including phenoxy) is 1. The van der Waals surface area contributed by atoms with Crippen LogP contribution in [0.5, 0.6) is 0 Å². The molecule has 2 rings (SSSR count). The molecular weight excluding hydrogens is 424 g/mol. The van der Waals surface area contributed by atoms with Crippen LogP contribution in [0, 0.1) is 5.41 Å². The zero-order valence-corrected chi connectivity index (χ0v) is 16.0. The van der Waals surface area contributed by atoms with Crippen LogP contribution in [0.4, 0.5) is 13.2 Å². The van der Waals surface area contributed by atoms with Crippen LogP contribution in [0.25, 0.3) is 0 Å². The number of rotatable bonds is 4. The molecule has 1 spiro atoms. The third-order valence-corrected chi connectivity index (χ3v) is 4.36. The van der Waals surface area contributed by atoms with E-state index in [0.717, 1.165) is 45.1 Å². The molecule has 23 heavy (non-hydrogen) atoms. The maximum atomic E-state index is 12.3. The molecule has 0 aliphatic carbocycles. The Morgan fingerprint density at radius 1 is 1.39 bits per heavy atom. The number of likely N-dealkylation sites (N-methyl/N-ethyl adjacent to an activating group) is 1. The van der Waals surface area contributed by atoms with E-state index in [0.29, 0.717) is 13.1 Å². The van der Waals surface area contributed by atoms with Crippen molar-refractivity contribution in [1.29, 1.82) is 0 Å². The number of aliphatic imine (C=N–C) groups is 1. The summed E-state index contributed by atoms with van der Waals surface area (Å²) in [7, 11) is 3.18. The lowest BCUT2D eigenvalue weighted by Crippen LogP contribution is -2.44. The summed E-state index contributed by atoms with van der Waals surface area (Å²) in [5.41, 5.74) is 0.241. The molecule has 2 fully saturated rings. The number of hydrogen-bond donors (Lipinski definition) is 1. The highest BCUT2D eigenvalue weighted by atomic mass is 127. The Morgan fingerprint density at radius 3 is 2.70 bits per heavy atom. The second-order valence-electron chi connectivity index (χ2n) is 6.30. The number of nitrogens with one attached hydrogen (secondary N) is 1. The molecule has 136 valence electrons. The Kier molecular flexibility index (Phi) is 7.85. The number of halogens is 4. The summed E-state index contributed by atoms with van der Waals surface area (Å²) in [5.74, 6) is 0.768. The number of guanidine groups is 1. The van der Waals surface area contributed by atoms with Gasteiger partial charge in [-0.2, -0.15) is 13.2 Å². The monoisotopic (exact) mass is 450 g/mol. The lowest BCUT2D eigenvalue weighted by Gasteiger charge is -2.26. The third kappa shape index (κ3) is 6.26. The van der Waals surface area contributed by atoms with E-state index in [9.17, 15) is 13.2 Å². The molecule has 2 aliphatic heterocycles. The molecule has 9 heteroatoms. The Labute approximate surface area is 152 Å². The van der Waals surface area contributed by atoms with Crippen LogP contribution >= 0.6 is 24.0 Å². The first-order valence-corrected chi connectivity index (χ1v) is 7.62. The summed E-state index contributed by atoms with van der Waals surface area (Å²) in [4.78, 5) is 7.69. The summed E-state index contributed by atoms with van der Waals surface area (Å²) >= 11 is 0. The lowest BCUT2D eigenvalue weighted by atomic mass is 9.87. The molecule has 1 unspecified atom stereocenters. The molecule has 1 atom stereocenters. The van der Waals surface area contributed by atoms with Crippen LogP contribution in [-0.2, 0) is 4.74 Å². The van der Waals surface area contributed by atoms with Gasteiger partial charge in [0, 0.05) is 45.2 Å². The van der Waals surface area contributed by atoms with E-state index in [1.165, 1.54) is 11.9 Å². The zero-order chi connectivity index (χ0) is 16.2. The first kappa shape index (κ1) is 20.8. The van der Waals surface area contributed by atoms with Crippen molar-refractivity contribution in [3.8, 4) is 0 Å². The Morgan fingerprint density at radius 2 is 2.13 bits per heavy atom. The molecule has 0 aromatic heterocycles. The standard InChI is InChI=1S/C14H25F3N4O.HI/c1-18-12(19-5-7-20(2)10-14(15,16)17)21-6-3-13(9-21)4-8-22-11-13;/h3-11H2,1-2H3,(H,18,19);1H. The van der Waals surface area contributed by atoms with Gasteiger partial charge in [-0.1, -0.05) is 0 Å².